The number of anilines is 1. The maximum absolute atomic E-state index is 12.5. The molecule has 2 aromatic heterocycles. The lowest BCUT2D eigenvalue weighted by Gasteiger charge is -2.16. The summed E-state index contributed by atoms with van der Waals surface area (Å²) < 4.78 is 27.3. The Labute approximate surface area is 164 Å². The average Bonchev–Trinajstić information content (AvgIpc) is 3.19. The van der Waals surface area contributed by atoms with Crippen LogP contribution in [0, 0.1) is 0 Å². The molecule has 1 fully saturated rings. The van der Waals surface area contributed by atoms with E-state index < -0.39 is 27.9 Å². The van der Waals surface area contributed by atoms with Gasteiger partial charge in [0.25, 0.3) is 0 Å². The number of pyridine rings is 1. The molecule has 0 aliphatic carbocycles. The monoisotopic (exact) mass is 426 g/mol. The zero-order valence-corrected chi connectivity index (χ0v) is 16.2. The molecule has 2 aromatic rings. The van der Waals surface area contributed by atoms with Gasteiger partial charge < -0.3 is 5.73 Å². The van der Waals surface area contributed by atoms with E-state index >= 15 is 0 Å². The first kappa shape index (κ1) is 19.5. The van der Waals surface area contributed by atoms with Crippen LogP contribution in [0.15, 0.2) is 35.9 Å². The van der Waals surface area contributed by atoms with Crippen LogP contribution in [-0.2, 0) is 14.8 Å². The lowest BCUT2D eigenvalue weighted by Crippen LogP contribution is -2.40. The van der Waals surface area contributed by atoms with Crippen LogP contribution in [0.25, 0.3) is 6.08 Å². The Balaban J connectivity index is 1.67. The van der Waals surface area contributed by atoms with Gasteiger partial charge >= 0.3 is 0 Å². The number of nitrogens with zero attached hydrogens (tertiary/aromatic N) is 2. The van der Waals surface area contributed by atoms with Crippen LogP contribution in [-0.4, -0.2) is 37.8 Å². The quantitative estimate of drug-likeness (QED) is 0.726. The summed E-state index contributed by atoms with van der Waals surface area (Å²) >= 11 is 7.05. The zero-order chi connectivity index (χ0) is 19.6. The number of carbonyl (C=O) groups excluding carboxylic acids is 2. The number of thiophene rings is 1. The first-order valence-electron chi connectivity index (χ1n) is 7.78. The molecule has 0 radical (unpaired) electrons. The molecule has 0 unspecified atom stereocenters. The standard InChI is InChI=1S/C16H15ClN4O4S2/c17-13-3-2-11(26-13)6-8-27(24,25)20-12-5-7-21(16(12)23)14-4-1-10(9-19-14)15(18)22/h1-4,6,8-9,12,20H,5,7H2,(H2,18,22)/t12-/m0/s1. The number of primary amides is 1. The van der Waals surface area contributed by atoms with Crippen molar-refractivity contribution in [1.82, 2.24) is 9.71 Å². The number of nitrogens with two attached hydrogens (primary N) is 1. The fourth-order valence-corrected chi connectivity index (χ4v) is 4.59. The van der Waals surface area contributed by atoms with Crippen LogP contribution < -0.4 is 15.4 Å². The van der Waals surface area contributed by atoms with Gasteiger partial charge in [-0.2, -0.15) is 4.72 Å². The predicted molar refractivity (Wildman–Crippen MR) is 104 cm³/mol. The molecule has 0 aromatic carbocycles. The van der Waals surface area contributed by atoms with Gasteiger partial charge in [0.1, 0.15) is 11.9 Å². The molecule has 1 atom stereocenters. The summed E-state index contributed by atoms with van der Waals surface area (Å²) in [5.41, 5.74) is 5.38. The van der Waals surface area contributed by atoms with Gasteiger partial charge in [-0.3, -0.25) is 14.5 Å². The second-order valence-electron chi connectivity index (χ2n) is 5.71. The molecular formula is C16H15ClN4O4S2. The third kappa shape index (κ3) is 4.72. The van der Waals surface area contributed by atoms with Crippen molar-refractivity contribution in [1.29, 1.82) is 0 Å². The highest BCUT2D eigenvalue weighted by Crippen LogP contribution is 2.23. The molecule has 0 spiro atoms. The van der Waals surface area contributed by atoms with Crippen molar-refractivity contribution < 1.29 is 18.0 Å². The maximum atomic E-state index is 12.5. The van der Waals surface area contributed by atoms with Crippen molar-refractivity contribution >= 4 is 56.7 Å². The van der Waals surface area contributed by atoms with Crippen LogP contribution in [0.5, 0.6) is 0 Å². The van der Waals surface area contributed by atoms with E-state index in [0.29, 0.717) is 28.0 Å². The summed E-state index contributed by atoms with van der Waals surface area (Å²) in [7, 11) is -3.81. The van der Waals surface area contributed by atoms with Gasteiger partial charge in [-0.25, -0.2) is 13.4 Å². The molecule has 1 aliphatic rings. The Morgan fingerprint density at radius 3 is 2.74 bits per heavy atom. The maximum Gasteiger partial charge on any atom is 0.250 e. The number of hydrogen-bond donors (Lipinski definition) is 2. The van der Waals surface area contributed by atoms with E-state index in [0.717, 1.165) is 5.41 Å². The Kier molecular flexibility index (Phi) is 5.61. The van der Waals surface area contributed by atoms with Crippen molar-refractivity contribution in [2.45, 2.75) is 12.5 Å². The summed E-state index contributed by atoms with van der Waals surface area (Å²) in [6.07, 6.45) is 2.99. The van der Waals surface area contributed by atoms with E-state index in [2.05, 4.69) is 9.71 Å². The van der Waals surface area contributed by atoms with Crippen LogP contribution in [0.3, 0.4) is 0 Å². The topological polar surface area (TPSA) is 122 Å². The SMILES string of the molecule is NC(=O)c1ccc(N2CC[C@H](NS(=O)(=O)C=Cc3ccc(Cl)s3)C2=O)nc1. The molecule has 3 N–H and O–H groups in total. The van der Waals surface area contributed by atoms with Gasteiger partial charge in [-0.1, -0.05) is 11.6 Å². The second-order valence-corrected chi connectivity index (χ2v) is 9.05. The number of hydrogen-bond acceptors (Lipinski definition) is 6. The third-order valence-corrected chi connectivity index (χ3v) is 6.13. The highest BCUT2D eigenvalue weighted by molar-refractivity contribution is 7.92. The summed E-state index contributed by atoms with van der Waals surface area (Å²) in [5.74, 6) is -0.702. The number of aromatic nitrogens is 1. The van der Waals surface area contributed by atoms with Gasteiger partial charge in [0.2, 0.25) is 21.8 Å². The van der Waals surface area contributed by atoms with E-state index in [9.17, 15) is 18.0 Å². The average molecular weight is 427 g/mol. The summed E-state index contributed by atoms with van der Waals surface area (Å²) in [6.45, 7) is 0.305. The smallest absolute Gasteiger partial charge is 0.250 e. The van der Waals surface area contributed by atoms with Crippen molar-refractivity contribution in [3.05, 3.63) is 50.6 Å². The van der Waals surface area contributed by atoms with Gasteiger partial charge in [-0.05, 0) is 36.8 Å². The lowest BCUT2D eigenvalue weighted by molar-refractivity contribution is -0.118. The van der Waals surface area contributed by atoms with Crippen LogP contribution in [0.4, 0.5) is 5.82 Å². The Hall–Kier alpha value is -2.27. The molecule has 11 heteroatoms. The van der Waals surface area contributed by atoms with Crippen LogP contribution >= 0.6 is 22.9 Å². The van der Waals surface area contributed by atoms with Crippen molar-refractivity contribution in [3.63, 3.8) is 0 Å². The fourth-order valence-electron chi connectivity index (χ4n) is 2.52. The molecule has 1 saturated heterocycles. The predicted octanol–water partition coefficient (Wildman–Crippen LogP) is 1.59. The summed E-state index contributed by atoms with van der Waals surface area (Å²) in [6, 6.07) is 5.44. The molecule has 3 rings (SSSR count). The minimum atomic E-state index is -3.81. The highest BCUT2D eigenvalue weighted by Gasteiger charge is 2.35. The van der Waals surface area contributed by atoms with E-state index in [1.165, 1.54) is 40.6 Å². The first-order valence-corrected chi connectivity index (χ1v) is 10.5. The number of sulfonamides is 1. The number of halogens is 1. The Morgan fingerprint density at radius 1 is 1.37 bits per heavy atom. The summed E-state index contributed by atoms with van der Waals surface area (Å²) in [4.78, 5) is 29.7. The van der Waals surface area contributed by atoms with Crippen molar-refractivity contribution in [2.75, 3.05) is 11.4 Å². The van der Waals surface area contributed by atoms with Crippen molar-refractivity contribution in [3.8, 4) is 0 Å². The Bertz CT molecular complexity index is 1000. The molecule has 142 valence electrons. The minimum absolute atomic E-state index is 0.224. The molecule has 1 aliphatic heterocycles. The number of carbonyl (C=O) groups is 2. The van der Waals surface area contributed by atoms with Crippen LogP contribution in [0.2, 0.25) is 4.34 Å². The molecule has 27 heavy (non-hydrogen) atoms. The molecular weight excluding hydrogens is 412 g/mol. The van der Waals surface area contributed by atoms with E-state index in [1.54, 1.807) is 12.1 Å². The molecule has 0 saturated carbocycles. The molecule has 2 amide bonds. The summed E-state index contributed by atoms with van der Waals surface area (Å²) in [5, 5.41) is 1.00. The first-order chi connectivity index (χ1) is 12.7. The highest BCUT2D eigenvalue weighted by atomic mass is 35.5. The van der Waals surface area contributed by atoms with E-state index in [4.69, 9.17) is 17.3 Å². The molecule has 3 heterocycles. The van der Waals surface area contributed by atoms with E-state index in [1.807, 2.05) is 0 Å². The van der Waals surface area contributed by atoms with Crippen LogP contribution in [0.1, 0.15) is 21.7 Å². The molecule has 8 nitrogen and oxygen atoms in total. The van der Waals surface area contributed by atoms with E-state index in [-0.39, 0.29) is 5.56 Å². The fraction of sp³-hybridized carbons (Fsp3) is 0.188. The number of nitrogens with one attached hydrogen (secondary N) is 1. The second kappa shape index (κ2) is 7.77. The number of amides is 2. The number of rotatable bonds is 6. The normalized spacial score (nSPS) is 17.7. The minimum Gasteiger partial charge on any atom is -0.366 e. The Morgan fingerprint density at radius 2 is 2.15 bits per heavy atom. The van der Waals surface area contributed by atoms with Crippen molar-refractivity contribution in [2.24, 2.45) is 5.73 Å². The zero-order valence-electron chi connectivity index (χ0n) is 13.8. The van der Waals surface area contributed by atoms with Gasteiger partial charge in [0, 0.05) is 23.0 Å². The van der Waals surface area contributed by atoms with Gasteiger partial charge in [0.15, 0.2) is 0 Å². The lowest BCUT2D eigenvalue weighted by atomic mass is 10.2. The van der Waals surface area contributed by atoms with Gasteiger partial charge in [-0.15, -0.1) is 11.3 Å². The van der Waals surface area contributed by atoms with Gasteiger partial charge in [0.05, 0.1) is 9.90 Å². The molecule has 0 bridgehead atoms. The third-order valence-electron chi connectivity index (χ3n) is 3.83. The largest absolute Gasteiger partial charge is 0.366 e.